The fourth-order valence-electron chi connectivity index (χ4n) is 3.61. The van der Waals surface area contributed by atoms with E-state index in [0.29, 0.717) is 5.56 Å². The molecule has 3 aromatic rings. The average Bonchev–Trinajstić information content (AvgIpc) is 2.73. The summed E-state index contributed by atoms with van der Waals surface area (Å²) in [6.45, 7) is -0.617. The second-order valence-electron chi connectivity index (χ2n) is 7.15. The van der Waals surface area contributed by atoms with Crippen LogP contribution >= 0.6 is 0 Å². The molecule has 6 N–H and O–H groups in total. The van der Waals surface area contributed by atoms with Gasteiger partial charge in [-0.15, -0.1) is 0 Å². The summed E-state index contributed by atoms with van der Waals surface area (Å²) in [4.78, 5) is 12.7. The van der Waals surface area contributed by atoms with Crippen molar-refractivity contribution in [3.63, 3.8) is 0 Å². The van der Waals surface area contributed by atoms with E-state index in [9.17, 15) is 35.4 Å². The van der Waals surface area contributed by atoms with Gasteiger partial charge in [0, 0.05) is 17.2 Å². The van der Waals surface area contributed by atoms with Crippen LogP contribution in [0.2, 0.25) is 0 Å². The van der Waals surface area contributed by atoms with Crippen molar-refractivity contribution in [2.75, 3.05) is 6.61 Å². The predicted octanol–water partition coefficient (Wildman–Crippen LogP) is 0.386. The Kier molecular flexibility index (Phi) is 5.22. The van der Waals surface area contributed by atoms with Crippen molar-refractivity contribution in [1.82, 2.24) is 0 Å². The van der Waals surface area contributed by atoms with Gasteiger partial charge in [-0.1, -0.05) is 0 Å². The van der Waals surface area contributed by atoms with E-state index >= 15 is 0 Å². The third-order valence-corrected chi connectivity index (χ3v) is 5.25. The second-order valence-corrected chi connectivity index (χ2v) is 7.15. The number of rotatable bonds is 3. The molecule has 1 aliphatic heterocycles. The van der Waals surface area contributed by atoms with Crippen LogP contribution in [0, 0.1) is 0 Å². The Morgan fingerprint density at radius 3 is 2.27 bits per heavy atom. The molecule has 30 heavy (non-hydrogen) atoms. The number of aliphatic hydroxyl groups excluding tert-OH is 4. The highest BCUT2D eigenvalue weighted by atomic mass is 16.5. The largest absolute Gasteiger partial charge is 0.508 e. The highest BCUT2D eigenvalue weighted by Gasteiger charge is 2.45. The monoisotopic (exact) mass is 416 g/mol. The molecule has 0 saturated carbocycles. The SMILES string of the molecule is O=c1cc(-c2ccc(O)cc2)oc2ccc([C@H]3O[C@H](CO)[C@@H](O)[C@H](O)[C@H]3O)c(O)c12. The fourth-order valence-corrected chi connectivity index (χ4v) is 3.61. The molecule has 9 heteroatoms. The molecule has 158 valence electrons. The number of phenols is 2. The molecule has 2 heterocycles. The summed E-state index contributed by atoms with van der Waals surface area (Å²) in [6.07, 6.45) is -7.21. The van der Waals surface area contributed by atoms with Gasteiger partial charge in [-0.2, -0.15) is 0 Å². The third kappa shape index (κ3) is 3.32. The van der Waals surface area contributed by atoms with E-state index in [-0.39, 0.29) is 28.0 Å². The Hall–Kier alpha value is -2.95. The maximum Gasteiger partial charge on any atom is 0.197 e. The van der Waals surface area contributed by atoms with E-state index in [1.54, 1.807) is 12.1 Å². The summed E-state index contributed by atoms with van der Waals surface area (Å²) in [6, 6.07) is 10.00. The van der Waals surface area contributed by atoms with Crippen molar-refractivity contribution < 1.29 is 39.8 Å². The molecule has 0 radical (unpaired) electrons. The number of phenolic OH excluding ortho intramolecular Hbond substituents is 2. The number of hydrogen-bond donors (Lipinski definition) is 6. The first-order valence-corrected chi connectivity index (χ1v) is 9.21. The maximum atomic E-state index is 12.7. The van der Waals surface area contributed by atoms with Gasteiger partial charge in [0.05, 0.1) is 6.61 Å². The van der Waals surface area contributed by atoms with Crippen molar-refractivity contribution in [3.05, 3.63) is 58.3 Å². The van der Waals surface area contributed by atoms with Crippen LogP contribution in [-0.4, -0.2) is 61.7 Å². The minimum absolute atomic E-state index is 0.00378. The first-order chi connectivity index (χ1) is 14.3. The normalized spacial score (nSPS) is 26.7. The van der Waals surface area contributed by atoms with Crippen molar-refractivity contribution >= 4 is 11.0 Å². The summed E-state index contributed by atoms with van der Waals surface area (Å²) >= 11 is 0. The van der Waals surface area contributed by atoms with Crippen LogP contribution in [0.3, 0.4) is 0 Å². The summed E-state index contributed by atoms with van der Waals surface area (Å²) < 4.78 is 11.2. The van der Waals surface area contributed by atoms with Crippen molar-refractivity contribution in [1.29, 1.82) is 0 Å². The number of aromatic hydroxyl groups is 2. The van der Waals surface area contributed by atoms with Gasteiger partial charge in [0.15, 0.2) is 5.43 Å². The van der Waals surface area contributed by atoms with Crippen molar-refractivity contribution in [2.45, 2.75) is 30.5 Å². The van der Waals surface area contributed by atoms with E-state index in [1.165, 1.54) is 30.3 Å². The quantitative estimate of drug-likeness (QED) is 0.355. The Morgan fingerprint density at radius 2 is 1.60 bits per heavy atom. The Balaban J connectivity index is 1.79. The van der Waals surface area contributed by atoms with Gasteiger partial charge in [-0.3, -0.25) is 4.79 Å². The van der Waals surface area contributed by atoms with Crippen LogP contribution < -0.4 is 5.43 Å². The van der Waals surface area contributed by atoms with Crippen LogP contribution in [-0.2, 0) is 4.74 Å². The molecule has 0 amide bonds. The summed E-state index contributed by atoms with van der Waals surface area (Å²) in [5.41, 5.74) is 0.0769. The highest BCUT2D eigenvalue weighted by molar-refractivity contribution is 5.86. The number of aliphatic hydroxyl groups is 4. The minimum atomic E-state index is -1.62. The number of fused-ring (bicyclic) bond motifs is 1. The van der Waals surface area contributed by atoms with Crippen molar-refractivity contribution in [2.24, 2.45) is 0 Å². The van der Waals surface area contributed by atoms with E-state index in [2.05, 4.69) is 0 Å². The van der Waals surface area contributed by atoms with Crippen LogP contribution in [0.5, 0.6) is 11.5 Å². The summed E-state index contributed by atoms with van der Waals surface area (Å²) in [5, 5.41) is 59.6. The van der Waals surface area contributed by atoms with Crippen LogP contribution in [0.4, 0.5) is 0 Å². The molecule has 0 unspecified atom stereocenters. The third-order valence-electron chi connectivity index (χ3n) is 5.25. The molecule has 5 atom stereocenters. The second kappa shape index (κ2) is 7.71. The van der Waals surface area contributed by atoms with Gasteiger partial charge in [0.1, 0.15) is 58.7 Å². The first-order valence-electron chi connectivity index (χ1n) is 9.21. The highest BCUT2D eigenvalue weighted by Crippen LogP contribution is 2.39. The van der Waals surface area contributed by atoms with Gasteiger partial charge in [-0.05, 0) is 36.4 Å². The van der Waals surface area contributed by atoms with Gasteiger partial charge in [0.2, 0.25) is 0 Å². The number of ether oxygens (including phenoxy) is 1. The predicted molar refractivity (Wildman–Crippen MR) is 104 cm³/mol. The zero-order chi connectivity index (χ0) is 21.6. The molecule has 1 aromatic heterocycles. The van der Waals surface area contributed by atoms with Crippen LogP contribution in [0.15, 0.2) is 51.7 Å². The van der Waals surface area contributed by atoms with E-state index < -0.39 is 48.3 Å². The minimum Gasteiger partial charge on any atom is -0.508 e. The zero-order valence-corrected chi connectivity index (χ0v) is 15.5. The molecule has 1 fully saturated rings. The van der Waals surface area contributed by atoms with E-state index in [0.717, 1.165) is 0 Å². The molecule has 0 spiro atoms. The molecule has 4 rings (SSSR count). The number of hydrogen-bond acceptors (Lipinski definition) is 9. The molecule has 1 saturated heterocycles. The first kappa shape index (κ1) is 20.3. The summed E-state index contributed by atoms with van der Waals surface area (Å²) in [7, 11) is 0. The summed E-state index contributed by atoms with van der Waals surface area (Å²) in [5.74, 6) is -0.209. The van der Waals surface area contributed by atoms with Crippen LogP contribution in [0.1, 0.15) is 11.7 Å². The van der Waals surface area contributed by atoms with Crippen LogP contribution in [0.25, 0.3) is 22.3 Å². The van der Waals surface area contributed by atoms with Gasteiger partial charge in [0.25, 0.3) is 0 Å². The zero-order valence-electron chi connectivity index (χ0n) is 15.5. The number of benzene rings is 2. The van der Waals surface area contributed by atoms with E-state index in [4.69, 9.17) is 9.15 Å². The molecule has 0 aliphatic carbocycles. The molecule has 1 aliphatic rings. The Labute approximate surface area is 169 Å². The Morgan fingerprint density at radius 1 is 0.900 bits per heavy atom. The lowest BCUT2D eigenvalue weighted by atomic mass is 9.90. The smallest absolute Gasteiger partial charge is 0.197 e. The van der Waals surface area contributed by atoms with Gasteiger partial charge >= 0.3 is 0 Å². The topological polar surface area (TPSA) is 161 Å². The molecule has 9 nitrogen and oxygen atoms in total. The molecular weight excluding hydrogens is 396 g/mol. The average molecular weight is 416 g/mol. The molecule has 2 aromatic carbocycles. The standard InChI is InChI=1S/C21H20O9/c22-8-15-18(26)19(27)20(28)21(30-15)11-5-6-13-16(17(11)25)12(24)7-14(29-13)9-1-3-10(23)4-2-9/h1-7,15,18-23,25-28H,8H2/t15-,18-,19+,20-,21-/m1/s1. The lowest BCUT2D eigenvalue weighted by Crippen LogP contribution is -2.55. The lowest BCUT2D eigenvalue weighted by Gasteiger charge is -2.40. The Bertz CT molecular complexity index is 1120. The lowest BCUT2D eigenvalue weighted by molar-refractivity contribution is -0.232. The molecule has 0 bridgehead atoms. The van der Waals surface area contributed by atoms with Gasteiger partial charge < -0.3 is 39.8 Å². The maximum absolute atomic E-state index is 12.7. The fraction of sp³-hybridized carbons (Fsp3) is 0.286. The molecular formula is C21H20O9. The van der Waals surface area contributed by atoms with Gasteiger partial charge in [-0.25, -0.2) is 0 Å². The van der Waals surface area contributed by atoms with Crippen molar-refractivity contribution in [3.8, 4) is 22.8 Å². The van der Waals surface area contributed by atoms with E-state index in [1.807, 2.05) is 0 Å².